The molecular formula is C92H136N24O8. The molecule has 4 fully saturated rings. The Balaban J connectivity index is 0.000000192. The molecule has 12 N–H and O–H groups in total. The quantitative estimate of drug-likeness (QED) is 0.0182. The molecular weight excluding hydrogens is 1570 g/mol. The van der Waals surface area contributed by atoms with Crippen LogP contribution < -0.4 is 82.7 Å². The fourth-order valence-corrected chi connectivity index (χ4v) is 15.4. The first-order chi connectivity index (χ1) is 60.4. The summed E-state index contributed by atoms with van der Waals surface area (Å²) in [7, 11) is 0. The van der Waals surface area contributed by atoms with Gasteiger partial charge >= 0.3 is 24.0 Å². The SMILES string of the molecule is C.C.C.C.[2H]C([2H])(c1cccc(CN2CCCC2)c1)N1CC(=O)Nc2c(N)nc(OCCCC)nc21.[2H][C@@H](C)CCOc1nc(N)c2c(n1)N(Cc1cccc(CN3CCCC3)c1)CC(=O)N2.[2H][C@@H](CCC)Oc1nc(N)c2c(n1)N(Cc1cccc(CN3CCCC3)c1)CC(=O)N2.[2H][C@H](CCC)Oc1nc(N)c2c(n1)N(Cc1cccc(CN3CCCC3)c1)CC(=O)N2. The Kier molecular flexibility index (Phi) is 34.4. The van der Waals surface area contributed by atoms with E-state index in [9.17, 15) is 19.2 Å². The van der Waals surface area contributed by atoms with Gasteiger partial charge in [0.1, 0.15) is 22.7 Å². The number of anilines is 12. The predicted octanol–water partition coefficient (Wildman–Crippen LogP) is 13.7. The second-order valence-electron chi connectivity index (χ2n) is 31.3. The molecule has 124 heavy (non-hydrogen) atoms. The van der Waals surface area contributed by atoms with Gasteiger partial charge in [-0.1, -0.05) is 180 Å². The highest BCUT2D eigenvalue weighted by Gasteiger charge is 2.33. The molecule has 8 aliphatic heterocycles. The zero-order valence-corrected chi connectivity index (χ0v) is 69.7. The first-order valence-electron chi connectivity index (χ1n) is 45.1. The number of ether oxygens (including phenoxy) is 4. The van der Waals surface area contributed by atoms with Crippen LogP contribution in [0.15, 0.2) is 97.1 Å². The lowest BCUT2D eigenvalue weighted by Gasteiger charge is -2.30. The van der Waals surface area contributed by atoms with Gasteiger partial charge in [0.15, 0.2) is 46.5 Å². The Hall–Kier alpha value is -11.5. The van der Waals surface area contributed by atoms with E-state index >= 15 is 0 Å². The van der Waals surface area contributed by atoms with Gasteiger partial charge in [0, 0.05) is 53.7 Å². The molecule has 0 saturated carbocycles. The number of carbonyl (C=O) groups is 4. The molecule has 32 heteroatoms. The highest BCUT2D eigenvalue weighted by Crippen LogP contribution is 2.39. The predicted molar refractivity (Wildman–Crippen MR) is 497 cm³/mol. The third kappa shape index (κ3) is 27.3. The highest BCUT2D eigenvalue weighted by molar-refractivity contribution is 6.05. The summed E-state index contributed by atoms with van der Waals surface area (Å²) in [6.45, 7) is 19.7. The first-order valence-corrected chi connectivity index (χ1v) is 42.4. The van der Waals surface area contributed by atoms with Crippen molar-refractivity contribution in [2.45, 2.75) is 212 Å². The number of nitrogens with two attached hydrogens (primary N) is 4. The van der Waals surface area contributed by atoms with Gasteiger partial charge < -0.3 is 82.7 Å². The maximum Gasteiger partial charge on any atom is 0.320 e. The molecule has 672 valence electrons. The van der Waals surface area contributed by atoms with E-state index in [0.717, 1.165) is 126 Å². The van der Waals surface area contributed by atoms with E-state index in [1.54, 1.807) is 13.0 Å². The van der Waals surface area contributed by atoms with Gasteiger partial charge in [-0.3, -0.25) is 38.8 Å². The monoisotopic (exact) mass is 1710 g/mol. The van der Waals surface area contributed by atoms with E-state index in [-0.39, 0.29) is 145 Å². The maximum atomic E-state index is 12.4. The summed E-state index contributed by atoms with van der Waals surface area (Å²) in [4.78, 5) is 100. The molecule has 0 unspecified atom stereocenters. The van der Waals surface area contributed by atoms with Crippen LogP contribution in [0, 0.1) is 0 Å². The van der Waals surface area contributed by atoms with Crippen LogP contribution in [0.1, 0.15) is 211 Å². The smallest absolute Gasteiger partial charge is 0.320 e. The Morgan fingerprint density at radius 1 is 0.331 bits per heavy atom. The number of benzene rings is 4. The Labute approximate surface area is 740 Å². The van der Waals surface area contributed by atoms with Crippen molar-refractivity contribution in [2.24, 2.45) is 0 Å². The van der Waals surface area contributed by atoms with Gasteiger partial charge in [-0.15, -0.1) is 0 Å². The number of amides is 4. The van der Waals surface area contributed by atoms with Crippen molar-refractivity contribution in [1.82, 2.24) is 59.5 Å². The Morgan fingerprint density at radius 3 is 0.871 bits per heavy atom. The lowest BCUT2D eigenvalue weighted by Crippen LogP contribution is -2.39. The molecule has 3 atom stereocenters. The number of nitrogen functional groups attached to an aromatic ring is 4. The van der Waals surface area contributed by atoms with E-state index < -0.39 is 19.7 Å². The fourth-order valence-electron chi connectivity index (χ4n) is 15.4. The molecule has 0 radical (unpaired) electrons. The van der Waals surface area contributed by atoms with Crippen molar-refractivity contribution in [3.05, 3.63) is 142 Å². The van der Waals surface area contributed by atoms with Gasteiger partial charge in [-0.2, -0.15) is 39.9 Å². The zero-order valence-electron chi connectivity index (χ0n) is 74.7. The van der Waals surface area contributed by atoms with Gasteiger partial charge in [-0.05, 0) is 174 Å². The Morgan fingerprint density at radius 2 is 0.581 bits per heavy atom. The summed E-state index contributed by atoms with van der Waals surface area (Å²) in [5.74, 6) is 1.52. The number of nitrogens with one attached hydrogen (secondary N) is 4. The summed E-state index contributed by atoms with van der Waals surface area (Å²) in [5, 5.41) is 11.0. The Bertz CT molecular complexity index is 4850. The van der Waals surface area contributed by atoms with Crippen molar-refractivity contribution in [2.75, 3.05) is 169 Å². The van der Waals surface area contributed by atoms with Gasteiger partial charge in [-0.25, -0.2) is 0 Å². The standard InChI is InChI=1S/4C22H30N6O2.4CH4/c4*1-2-3-11-30-22-25-20(23)19-21(26-22)28(15-18(29)24-19)14-17-8-6-7-16(12-17)13-27-9-4-5-10-27;;;;/h4*6-8,12H,2-5,9-11,13-15H2,1H3,(H,24,29)(H2,23,25,26);4*1H4/i14D2;2*11D;2D;;;;/t;2*11-;2-;;;;/m.100..../s1. The van der Waals surface area contributed by atoms with E-state index in [1.165, 1.54) is 73.0 Å². The number of hydrogen-bond donors (Lipinski definition) is 8. The molecule has 8 aliphatic rings. The van der Waals surface area contributed by atoms with E-state index in [0.29, 0.717) is 92.2 Å². The largest absolute Gasteiger partial charge is 0.463 e. The molecule has 4 aromatic heterocycles. The second-order valence-corrected chi connectivity index (χ2v) is 31.3. The number of rotatable bonds is 32. The molecule has 4 aromatic carbocycles. The average molecular weight is 1710 g/mol. The van der Waals surface area contributed by atoms with Crippen molar-refractivity contribution >= 4 is 92.9 Å². The maximum absolute atomic E-state index is 12.4. The second kappa shape index (κ2) is 48.0. The number of nitrogens with zero attached hydrogens (tertiary/aromatic N) is 16. The third-order valence-corrected chi connectivity index (χ3v) is 21.4. The lowest BCUT2D eigenvalue weighted by atomic mass is 10.1. The normalized spacial score (nSPS) is 17.4. The van der Waals surface area contributed by atoms with Gasteiger partial charge in [0.05, 0.1) is 58.0 Å². The molecule has 0 aliphatic carbocycles. The highest BCUT2D eigenvalue weighted by atomic mass is 16.5. The molecule has 32 nitrogen and oxygen atoms in total. The van der Waals surface area contributed by atoms with E-state index in [4.69, 9.17) is 48.7 Å². The zero-order chi connectivity index (χ0) is 88.1. The first kappa shape index (κ1) is 88.8. The number of hydrogen-bond acceptors (Lipinski definition) is 28. The molecule has 4 amide bonds. The molecule has 8 aromatic rings. The van der Waals surface area contributed by atoms with Crippen molar-refractivity contribution in [3.8, 4) is 24.0 Å². The van der Waals surface area contributed by atoms with E-state index in [1.807, 2.05) is 46.7 Å². The van der Waals surface area contributed by atoms with Crippen LogP contribution >= 0.6 is 0 Å². The van der Waals surface area contributed by atoms with Crippen LogP contribution in [0.4, 0.5) is 69.3 Å². The molecule has 0 spiro atoms. The summed E-state index contributed by atoms with van der Waals surface area (Å²) >= 11 is 0. The van der Waals surface area contributed by atoms with Gasteiger partial charge in [0.2, 0.25) is 23.6 Å². The summed E-state index contributed by atoms with van der Waals surface area (Å²) in [6.07, 6.45) is 14.9. The van der Waals surface area contributed by atoms with Crippen LogP contribution in [-0.4, -0.2) is 188 Å². The number of likely N-dealkylation sites (tertiary alicyclic amines) is 4. The lowest BCUT2D eigenvalue weighted by molar-refractivity contribution is -0.116. The van der Waals surface area contributed by atoms with Crippen LogP contribution in [-0.2, 0) is 71.5 Å². The van der Waals surface area contributed by atoms with E-state index in [2.05, 4.69) is 160 Å². The minimum Gasteiger partial charge on any atom is -0.463 e. The minimum atomic E-state index is -1.99. The van der Waals surface area contributed by atoms with Crippen molar-refractivity contribution < 1.29 is 45.0 Å². The number of unbranched alkanes of at least 4 members (excludes halogenated alkanes) is 1. The topological polar surface area (TPSA) is 386 Å². The van der Waals surface area contributed by atoms with Crippen LogP contribution in [0.3, 0.4) is 0 Å². The molecule has 0 bridgehead atoms. The average Bonchev–Trinajstić information content (AvgIpc) is 0.823. The van der Waals surface area contributed by atoms with Gasteiger partial charge in [0.25, 0.3) is 0 Å². The molecule has 12 heterocycles. The fraction of sp³-hybridized carbons (Fsp3) is 0.522. The third-order valence-electron chi connectivity index (χ3n) is 21.4. The summed E-state index contributed by atoms with van der Waals surface area (Å²) in [5.41, 5.74) is 34.4. The number of aromatic nitrogens is 8. The number of carbonyl (C=O) groups excluding carboxylic acids is 4. The summed E-state index contributed by atoms with van der Waals surface area (Å²) in [6, 6.07) is 33.2. The number of fused-ring (bicyclic) bond motifs is 4. The van der Waals surface area contributed by atoms with Crippen molar-refractivity contribution in [1.29, 1.82) is 0 Å². The van der Waals surface area contributed by atoms with Crippen LogP contribution in [0.25, 0.3) is 0 Å². The molecule has 4 saturated heterocycles. The van der Waals surface area contributed by atoms with Crippen molar-refractivity contribution in [3.63, 3.8) is 0 Å². The van der Waals surface area contributed by atoms with Crippen LogP contribution in [0.5, 0.6) is 24.0 Å². The summed E-state index contributed by atoms with van der Waals surface area (Å²) < 4.78 is 63.7. The van der Waals surface area contributed by atoms with Crippen LogP contribution in [0.2, 0.25) is 0 Å². The minimum absolute atomic E-state index is 0. The molecule has 16 rings (SSSR count).